The number of nitrogens with zero attached hydrogens (tertiary/aromatic N) is 1. The molecule has 0 aliphatic carbocycles. The van der Waals surface area contributed by atoms with Gasteiger partial charge in [0.05, 0.1) is 0 Å². The van der Waals surface area contributed by atoms with Crippen LogP contribution in [0.4, 0.5) is 0 Å². The van der Waals surface area contributed by atoms with Crippen LogP contribution in [0.15, 0.2) is 16.1 Å². The van der Waals surface area contributed by atoms with Crippen molar-refractivity contribution in [3.8, 4) is 0 Å². The predicted octanol–water partition coefficient (Wildman–Crippen LogP) is 3.32. The van der Waals surface area contributed by atoms with E-state index in [2.05, 4.69) is 39.6 Å². The molecule has 1 heteroatoms. The lowest BCUT2D eigenvalue weighted by atomic mass is 9.92. The van der Waals surface area contributed by atoms with E-state index in [0.717, 1.165) is 0 Å². The molecule has 0 aromatic heterocycles. The molecule has 0 N–H and O–H groups in total. The molecular weight excluding hydrogens is 146 g/mol. The van der Waals surface area contributed by atoms with E-state index in [1.165, 1.54) is 11.1 Å². The van der Waals surface area contributed by atoms with Crippen LogP contribution in [0.1, 0.15) is 34.6 Å². The van der Waals surface area contributed by atoms with E-state index < -0.39 is 0 Å². The van der Waals surface area contributed by atoms with E-state index in [0.29, 0.717) is 11.8 Å². The van der Waals surface area contributed by atoms with Crippen molar-refractivity contribution in [3.05, 3.63) is 11.1 Å². The summed E-state index contributed by atoms with van der Waals surface area (Å²) in [5.74, 6) is 1.21. The van der Waals surface area contributed by atoms with E-state index in [-0.39, 0.29) is 0 Å². The minimum atomic E-state index is 0.580. The first-order valence-electron chi connectivity index (χ1n) is 4.63. The van der Waals surface area contributed by atoms with Gasteiger partial charge < -0.3 is 0 Å². The van der Waals surface area contributed by atoms with Gasteiger partial charge in [-0.25, -0.2) is 0 Å². The summed E-state index contributed by atoms with van der Waals surface area (Å²) in [7, 11) is 1.83. The molecule has 0 radical (unpaired) electrons. The molecular formula is C11H21N. The maximum absolute atomic E-state index is 4.08. The van der Waals surface area contributed by atoms with Gasteiger partial charge in [-0.05, 0) is 24.3 Å². The van der Waals surface area contributed by atoms with Crippen molar-refractivity contribution in [2.75, 3.05) is 7.05 Å². The van der Waals surface area contributed by atoms with Crippen molar-refractivity contribution < 1.29 is 0 Å². The zero-order valence-electron chi connectivity index (χ0n) is 9.18. The summed E-state index contributed by atoms with van der Waals surface area (Å²) in [5, 5.41) is 0. The molecule has 0 aromatic carbocycles. The second kappa shape index (κ2) is 5.13. The lowest BCUT2D eigenvalue weighted by molar-refractivity contribution is 0.716. The Balaban J connectivity index is 4.80. The summed E-state index contributed by atoms with van der Waals surface area (Å²) in [4.78, 5) is 4.08. The summed E-state index contributed by atoms with van der Waals surface area (Å²) in [6.45, 7) is 11.1. The van der Waals surface area contributed by atoms with Crippen LogP contribution in [0, 0.1) is 11.8 Å². The van der Waals surface area contributed by atoms with Crippen molar-refractivity contribution in [2.24, 2.45) is 16.8 Å². The van der Waals surface area contributed by atoms with Crippen molar-refractivity contribution in [1.29, 1.82) is 0 Å². The van der Waals surface area contributed by atoms with E-state index in [1.807, 2.05) is 13.3 Å². The molecule has 0 unspecified atom stereocenters. The molecule has 0 bridgehead atoms. The monoisotopic (exact) mass is 167 g/mol. The predicted molar refractivity (Wildman–Crippen MR) is 56.8 cm³/mol. The van der Waals surface area contributed by atoms with Gasteiger partial charge in [-0.3, -0.25) is 4.99 Å². The van der Waals surface area contributed by atoms with Gasteiger partial charge in [-0.1, -0.05) is 33.3 Å². The zero-order valence-corrected chi connectivity index (χ0v) is 9.18. The Hall–Kier alpha value is -0.590. The van der Waals surface area contributed by atoms with Crippen molar-refractivity contribution in [2.45, 2.75) is 34.6 Å². The lowest BCUT2D eigenvalue weighted by Crippen LogP contribution is -2.03. The first-order chi connectivity index (χ1) is 5.50. The molecule has 12 heavy (non-hydrogen) atoms. The molecule has 0 saturated carbocycles. The van der Waals surface area contributed by atoms with Gasteiger partial charge in [0.25, 0.3) is 0 Å². The van der Waals surface area contributed by atoms with Crippen LogP contribution >= 0.6 is 0 Å². The van der Waals surface area contributed by atoms with E-state index in [4.69, 9.17) is 0 Å². The fourth-order valence-corrected chi connectivity index (χ4v) is 1.18. The minimum Gasteiger partial charge on any atom is -0.296 e. The highest BCUT2D eigenvalue weighted by atomic mass is 14.6. The highest BCUT2D eigenvalue weighted by molar-refractivity contribution is 5.80. The molecule has 0 atom stereocenters. The Morgan fingerprint density at radius 1 is 1.08 bits per heavy atom. The van der Waals surface area contributed by atoms with Crippen LogP contribution in [0.5, 0.6) is 0 Å². The normalized spacial score (nSPS) is 14.7. The van der Waals surface area contributed by atoms with Gasteiger partial charge >= 0.3 is 0 Å². The first kappa shape index (κ1) is 11.4. The molecule has 0 saturated heterocycles. The first-order valence-corrected chi connectivity index (χ1v) is 4.63. The Labute approximate surface area is 76.6 Å². The van der Waals surface area contributed by atoms with E-state index in [9.17, 15) is 0 Å². The average Bonchev–Trinajstić information content (AvgIpc) is 1.98. The van der Waals surface area contributed by atoms with Crippen LogP contribution in [-0.4, -0.2) is 13.3 Å². The molecule has 0 spiro atoms. The highest BCUT2D eigenvalue weighted by Crippen LogP contribution is 2.18. The van der Waals surface area contributed by atoms with Crippen molar-refractivity contribution >= 4 is 6.21 Å². The van der Waals surface area contributed by atoms with Gasteiger partial charge in [0.1, 0.15) is 0 Å². The zero-order chi connectivity index (χ0) is 9.72. The Kier molecular flexibility index (Phi) is 4.87. The highest BCUT2D eigenvalue weighted by Gasteiger charge is 2.07. The largest absolute Gasteiger partial charge is 0.296 e. The summed E-state index contributed by atoms with van der Waals surface area (Å²) >= 11 is 0. The molecule has 0 amide bonds. The second-order valence-electron chi connectivity index (χ2n) is 3.84. The molecule has 70 valence electrons. The average molecular weight is 167 g/mol. The number of rotatable bonds is 3. The number of hydrogen-bond acceptors (Lipinski definition) is 1. The molecule has 1 nitrogen and oxygen atoms in total. The van der Waals surface area contributed by atoms with Crippen LogP contribution in [-0.2, 0) is 0 Å². The van der Waals surface area contributed by atoms with Crippen molar-refractivity contribution in [1.82, 2.24) is 0 Å². The number of hydrogen-bond donors (Lipinski definition) is 0. The smallest absolute Gasteiger partial charge is 0.0277 e. The Morgan fingerprint density at radius 3 is 1.83 bits per heavy atom. The van der Waals surface area contributed by atoms with E-state index in [1.54, 1.807) is 0 Å². The SMILES string of the molecule is C/N=C\C(=C(/C)C(C)C)C(C)C. The standard InChI is InChI=1S/C11H21N/c1-8(2)10(5)11(7-12-6)9(3)4/h7-9H,1-6H3/b11-10-,12-7-. The quantitative estimate of drug-likeness (QED) is 0.572. The van der Waals surface area contributed by atoms with Crippen LogP contribution < -0.4 is 0 Å². The Bertz CT molecular complexity index is 185. The van der Waals surface area contributed by atoms with Crippen molar-refractivity contribution in [3.63, 3.8) is 0 Å². The number of allylic oxidation sites excluding steroid dienone is 2. The molecule has 0 fully saturated rings. The minimum absolute atomic E-state index is 0.580. The molecule has 0 aliphatic rings. The van der Waals surface area contributed by atoms with Gasteiger partial charge in [0.15, 0.2) is 0 Å². The fraction of sp³-hybridized carbons (Fsp3) is 0.727. The molecule has 0 aromatic rings. The van der Waals surface area contributed by atoms with Gasteiger partial charge in [-0.15, -0.1) is 0 Å². The maximum Gasteiger partial charge on any atom is 0.0277 e. The second-order valence-corrected chi connectivity index (χ2v) is 3.84. The number of aliphatic imine (C=N–C) groups is 1. The van der Waals surface area contributed by atoms with Gasteiger partial charge in [-0.2, -0.15) is 0 Å². The molecule has 0 heterocycles. The lowest BCUT2D eigenvalue weighted by Gasteiger charge is -2.14. The summed E-state index contributed by atoms with van der Waals surface area (Å²) in [6, 6.07) is 0. The molecule has 0 aliphatic heterocycles. The van der Waals surface area contributed by atoms with Crippen LogP contribution in [0.2, 0.25) is 0 Å². The third-order valence-electron chi connectivity index (χ3n) is 2.21. The summed E-state index contributed by atoms with van der Waals surface area (Å²) < 4.78 is 0. The topological polar surface area (TPSA) is 12.4 Å². The fourth-order valence-electron chi connectivity index (χ4n) is 1.18. The summed E-state index contributed by atoms with van der Waals surface area (Å²) in [6.07, 6.45) is 1.99. The third-order valence-corrected chi connectivity index (χ3v) is 2.21. The van der Waals surface area contributed by atoms with Gasteiger partial charge in [0, 0.05) is 13.3 Å². The van der Waals surface area contributed by atoms with E-state index >= 15 is 0 Å². The molecule has 0 rings (SSSR count). The van der Waals surface area contributed by atoms with Gasteiger partial charge in [0.2, 0.25) is 0 Å². The Morgan fingerprint density at radius 2 is 1.58 bits per heavy atom. The van der Waals surface area contributed by atoms with Crippen LogP contribution in [0.3, 0.4) is 0 Å². The van der Waals surface area contributed by atoms with Crippen LogP contribution in [0.25, 0.3) is 0 Å². The third kappa shape index (κ3) is 3.21. The summed E-state index contributed by atoms with van der Waals surface area (Å²) in [5.41, 5.74) is 2.84. The maximum atomic E-state index is 4.08.